The van der Waals surface area contributed by atoms with Crippen LogP contribution in [0.1, 0.15) is 18.1 Å². The zero-order chi connectivity index (χ0) is 23.3. The Morgan fingerprint density at radius 2 is 1.91 bits per heavy atom. The van der Waals surface area contributed by atoms with Crippen LogP contribution < -0.4 is 25.1 Å². The number of benzene rings is 2. The first-order chi connectivity index (χ1) is 15.3. The molecular weight excluding hydrogens is 434 g/mol. The molecule has 2 aromatic carbocycles. The number of amides is 1. The number of carbonyl (C=O) groups excluding carboxylic acids is 1. The molecule has 32 heavy (non-hydrogen) atoms. The van der Waals surface area contributed by atoms with E-state index in [-0.39, 0.29) is 23.9 Å². The topological polar surface area (TPSA) is 91.7 Å². The molecule has 0 saturated carbocycles. The van der Waals surface area contributed by atoms with E-state index in [0.29, 0.717) is 22.2 Å². The maximum atomic E-state index is 12.5. The minimum atomic E-state index is -0.849. The van der Waals surface area contributed by atoms with E-state index in [4.69, 9.17) is 25.8 Å². The Labute approximate surface area is 190 Å². The smallest absolute Gasteiger partial charge is 0.271 e. The van der Waals surface area contributed by atoms with E-state index in [1.807, 2.05) is 13.0 Å². The Kier molecular flexibility index (Phi) is 7.37. The molecule has 1 aromatic heterocycles. The van der Waals surface area contributed by atoms with Gasteiger partial charge < -0.3 is 19.5 Å². The number of aryl methyl sites for hydroxylation is 1. The predicted octanol–water partition coefficient (Wildman–Crippen LogP) is 3.30. The van der Waals surface area contributed by atoms with Crippen molar-refractivity contribution in [2.24, 2.45) is 0 Å². The summed E-state index contributed by atoms with van der Waals surface area (Å²) in [5.41, 5.74) is 1.81. The number of methoxy groups -OCH3 is 2. The maximum absolute atomic E-state index is 12.5. The second-order valence-corrected chi connectivity index (χ2v) is 7.44. The number of ether oxygens (including phenoxy) is 3. The lowest BCUT2D eigenvalue weighted by molar-refractivity contribution is -0.127. The van der Waals surface area contributed by atoms with Crippen molar-refractivity contribution in [1.82, 2.24) is 15.1 Å². The van der Waals surface area contributed by atoms with Crippen LogP contribution >= 0.6 is 11.6 Å². The number of nitrogens with one attached hydrogen (secondary N) is 1. The maximum Gasteiger partial charge on any atom is 0.271 e. The van der Waals surface area contributed by atoms with Crippen LogP contribution in [0.15, 0.2) is 53.3 Å². The van der Waals surface area contributed by atoms with Crippen molar-refractivity contribution >= 4 is 17.5 Å². The Morgan fingerprint density at radius 3 is 2.62 bits per heavy atom. The molecule has 0 aliphatic rings. The monoisotopic (exact) mass is 457 g/mol. The molecule has 3 aromatic rings. The molecular formula is C23H24ClN3O5. The zero-order valence-corrected chi connectivity index (χ0v) is 19.0. The molecule has 1 atom stereocenters. The van der Waals surface area contributed by atoms with Crippen molar-refractivity contribution in [3.63, 3.8) is 0 Å². The first-order valence-electron chi connectivity index (χ1n) is 9.84. The Bertz CT molecular complexity index is 1180. The van der Waals surface area contributed by atoms with Crippen LogP contribution in [0.5, 0.6) is 17.4 Å². The minimum Gasteiger partial charge on any atom is -0.497 e. The quantitative estimate of drug-likeness (QED) is 0.558. The molecule has 0 spiro atoms. The van der Waals surface area contributed by atoms with E-state index >= 15 is 0 Å². The molecule has 1 N–H and O–H groups in total. The summed E-state index contributed by atoms with van der Waals surface area (Å²) in [6.07, 6.45) is -0.849. The third-order valence-corrected chi connectivity index (χ3v) is 5.02. The summed E-state index contributed by atoms with van der Waals surface area (Å²) in [4.78, 5) is 24.9. The third kappa shape index (κ3) is 5.39. The van der Waals surface area contributed by atoms with Gasteiger partial charge in [0.1, 0.15) is 11.5 Å². The Balaban J connectivity index is 1.71. The lowest BCUT2D eigenvalue weighted by atomic mass is 10.2. The van der Waals surface area contributed by atoms with Gasteiger partial charge in [0.05, 0.1) is 19.9 Å². The summed E-state index contributed by atoms with van der Waals surface area (Å²) in [6, 6.07) is 13.3. The summed E-state index contributed by atoms with van der Waals surface area (Å²) in [5, 5.41) is 7.53. The molecule has 9 heteroatoms. The molecule has 0 aliphatic heterocycles. The molecule has 3 rings (SSSR count). The summed E-state index contributed by atoms with van der Waals surface area (Å²) in [7, 11) is 3.12. The second-order valence-electron chi connectivity index (χ2n) is 7.01. The number of rotatable bonds is 8. The standard InChI is InChI=1S/C23H24ClN3O5/c1-14-5-7-17(24)11-19(14)27-22(28)10-9-21(26-27)32-15(2)23(29)25-13-16-6-8-18(30-3)12-20(16)31-4/h5-12,15H,13H2,1-4H3,(H,25,29). The summed E-state index contributed by atoms with van der Waals surface area (Å²) in [6.45, 7) is 3.69. The highest BCUT2D eigenvalue weighted by atomic mass is 35.5. The fourth-order valence-electron chi connectivity index (χ4n) is 3.00. The third-order valence-electron chi connectivity index (χ3n) is 4.79. The van der Waals surface area contributed by atoms with E-state index in [2.05, 4.69) is 10.4 Å². The lowest BCUT2D eigenvalue weighted by Crippen LogP contribution is -2.36. The Morgan fingerprint density at radius 1 is 1.12 bits per heavy atom. The molecule has 168 valence electrons. The number of hydrogen-bond donors (Lipinski definition) is 1. The van der Waals surface area contributed by atoms with Crippen LogP contribution in [0.3, 0.4) is 0 Å². The van der Waals surface area contributed by atoms with Crippen LogP contribution in [0, 0.1) is 6.92 Å². The van der Waals surface area contributed by atoms with E-state index < -0.39 is 6.10 Å². The number of aromatic nitrogens is 2. The van der Waals surface area contributed by atoms with Crippen molar-refractivity contribution in [3.05, 3.63) is 75.0 Å². The highest BCUT2D eigenvalue weighted by molar-refractivity contribution is 6.30. The molecule has 1 unspecified atom stereocenters. The van der Waals surface area contributed by atoms with Gasteiger partial charge in [0, 0.05) is 35.3 Å². The van der Waals surface area contributed by atoms with Crippen molar-refractivity contribution in [1.29, 1.82) is 0 Å². The molecule has 0 bridgehead atoms. The summed E-state index contributed by atoms with van der Waals surface area (Å²) in [5.74, 6) is 1.05. The highest BCUT2D eigenvalue weighted by Gasteiger charge is 2.17. The number of carbonyl (C=O) groups is 1. The Hall–Kier alpha value is -3.52. The van der Waals surface area contributed by atoms with Gasteiger partial charge in [-0.2, -0.15) is 4.68 Å². The van der Waals surface area contributed by atoms with E-state index in [0.717, 1.165) is 11.1 Å². The van der Waals surface area contributed by atoms with Crippen molar-refractivity contribution < 1.29 is 19.0 Å². The van der Waals surface area contributed by atoms with Gasteiger partial charge in [0.15, 0.2) is 6.10 Å². The average molecular weight is 458 g/mol. The molecule has 8 nitrogen and oxygen atoms in total. The lowest BCUT2D eigenvalue weighted by Gasteiger charge is -2.16. The van der Waals surface area contributed by atoms with Gasteiger partial charge in [-0.1, -0.05) is 17.7 Å². The highest BCUT2D eigenvalue weighted by Crippen LogP contribution is 2.24. The van der Waals surface area contributed by atoms with Gasteiger partial charge >= 0.3 is 0 Å². The molecule has 0 fully saturated rings. The largest absolute Gasteiger partial charge is 0.497 e. The summed E-state index contributed by atoms with van der Waals surface area (Å²) < 4.78 is 17.4. The fraction of sp³-hybridized carbons (Fsp3) is 0.261. The fourth-order valence-corrected chi connectivity index (χ4v) is 3.17. The van der Waals surface area contributed by atoms with Crippen molar-refractivity contribution in [3.8, 4) is 23.1 Å². The van der Waals surface area contributed by atoms with Crippen LogP contribution in [0.25, 0.3) is 5.69 Å². The van der Waals surface area contributed by atoms with Gasteiger partial charge in [0.2, 0.25) is 5.88 Å². The number of hydrogen-bond acceptors (Lipinski definition) is 6. The molecule has 1 amide bonds. The first kappa shape index (κ1) is 23.1. The minimum absolute atomic E-state index is 0.133. The van der Waals surface area contributed by atoms with Gasteiger partial charge in [-0.05, 0) is 43.7 Å². The number of halogens is 1. The molecule has 0 saturated heterocycles. The molecule has 1 heterocycles. The van der Waals surface area contributed by atoms with Gasteiger partial charge in [0.25, 0.3) is 11.5 Å². The first-order valence-corrected chi connectivity index (χ1v) is 10.2. The van der Waals surface area contributed by atoms with Crippen molar-refractivity contribution in [2.45, 2.75) is 26.5 Å². The van der Waals surface area contributed by atoms with E-state index in [1.165, 1.54) is 16.8 Å². The van der Waals surface area contributed by atoms with Crippen LogP contribution in [-0.2, 0) is 11.3 Å². The van der Waals surface area contributed by atoms with Crippen LogP contribution in [0.4, 0.5) is 0 Å². The number of nitrogens with zero attached hydrogens (tertiary/aromatic N) is 2. The van der Waals surface area contributed by atoms with Gasteiger partial charge in [-0.15, -0.1) is 5.10 Å². The second kappa shape index (κ2) is 10.2. The van der Waals surface area contributed by atoms with Crippen LogP contribution in [-0.4, -0.2) is 36.0 Å². The van der Waals surface area contributed by atoms with Gasteiger partial charge in [-0.25, -0.2) is 0 Å². The summed E-state index contributed by atoms with van der Waals surface area (Å²) >= 11 is 6.07. The zero-order valence-electron chi connectivity index (χ0n) is 18.2. The van der Waals surface area contributed by atoms with Crippen LogP contribution in [0.2, 0.25) is 5.02 Å². The molecule has 0 radical (unpaired) electrons. The van der Waals surface area contributed by atoms with E-state index in [9.17, 15) is 9.59 Å². The normalized spacial score (nSPS) is 11.5. The van der Waals surface area contributed by atoms with Gasteiger partial charge in [-0.3, -0.25) is 9.59 Å². The SMILES string of the molecule is COc1ccc(CNC(=O)C(C)Oc2ccc(=O)n(-c3cc(Cl)ccc3C)n2)c(OC)c1. The van der Waals surface area contributed by atoms with E-state index in [1.54, 1.807) is 51.5 Å². The van der Waals surface area contributed by atoms with Crippen molar-refractivity contribution in [2.75, 3.05) is 14.2 Å². The average Bonchev–Trinajstić information content (AvgIpc) is 2.80. The molecule has 0 aliphatic carbocycles. The predicted molar refractivity (Wildman–Crippen MR) is 121 cm³/mol.